The van der Waals surface area contributed by atoms with Gasteiger partial charge in [-0.1, -0.05) is 0 Å². The Hall–Kier alpha value is -1.13. The van der Waals surface area contributed by atoms with Gasteiger partial charge in [0.2, 0.25) is 0 Å². The standard InChI is InChI=1S/C12H21N3O/c1-4-15(10(2)9-16-3)12-7-11(8-13)5-6-14-12/h5-7,10H,4,8-9,13H2,1-3H3. The van der Waals surface area contributed by atoms with E-state index in [2.05, 4.69) is 23.7 Å². The molecule has 0 spiro atoms. The normalized spacial score (nSPS) is 12.5. The molecule has 0 saturated carbocycles. The van der Waals surface area contributed by atoms with Crippen molar-refractivity contribution in [3.63, 3.8) is 0 Å². The second-order valence-electron chi connectivity index (χ2n) is 3.82. The molecule has 1 aromatic heterocycles. The Morgan fingerprint density at radius 2 is 2.31 bits per heavy atom. The van der Waals surface area contributed by atoms with Crippen molar-refractivity contribution in [1.82, 2.24) is 4.98 Å². The summed E-state index contributed by atoms with van der Waals surface area (Å²) < 4.78 is 5.17. The molecule has 4 heteroatoms. The van der Waals surface area contributed by atoms with Gasteiger partial charge in [0.25, 0.3) is 0 Å². The fourth-order valence-electron chi connectivity index (χ4n) is 1.78. The molecule has 4 nitrogen and oxygen atoms in total. The van der Waals surface area contributed by atoms with Gasteiger partial charge >= 0.3 is 0 Å². The van der Waals surface area contributed by atoms with Crippen LogP contribution >= 0.6 is 0 Å². The third-order valence-electron chi connectivity index (χ3n) is 2.62. The zero-order chi connectivity index (χ0) is 12.0. The first-order chi connectivity index (χ1) is 7.72. The van der Waals surface area contributed by atoms with Crippen molar-refractivity contribution in [2.45, 2.75) is 26.4 Å². The number of hydrogen-bond donors (Lipinski definition) is 1. The number of nitrogens with two attached hydrogens (primary N) is 1. The Kier molecular flexibility index (Phi) is 5.22. The van der Waals surface area contributed by atoms with Crippen LogP contribution in [0, 0.1) is 0 Å². The predicted octanol–water partition coefficient (Wildman–Crippen LogP) is 1.40. The van der Waals surface area contributed by atoms with Crippen molar-refractivity contribution in [1.29, 1.82) is 0 Å². The van der Waals surface area contributed by atoms with Gasteiger partial charge in [0.1, 0.15) is 5.82 Å². The molecule has 0 aliphatic rings. The number of ether oxygens (including phenoxy) is 1. The Morgan fingerprint density at radius 3 is 2.88 bits per heavy atom. The molecule has 0 aromatic carbocycles. The fraction of sp³-hybridized carbons (Fsp3) is 0.583. The Bertz CT molecular complexity index is 317. The van der Waals surface area contributed by atoms with E-state index in [9.17, 15) is 0 Å². The molecule has 1 rings (SSSR count). The van der Waals surface area contributed by atoms with Crippen molar-refractivity contribution in [2.24, 2.45) is 5.73 Å². The van der Waals surface area contributed by atoms with E-state index in [-0.39, 0.29) is 0 Å². The van der Waals surface area contributed by atoms with Crippen molar-refractivity contribution in [3.8, 4) is 0 Å². The molecule has 0 radical (unpaired) electrons. The molecule has 2 N–H and O–H groups in total. The molecule has 0 aliphatic carbocycles. The lowest BCUT2D eigenvalue weighted by Gasteiger charge is -2.28. The number of rotatable bonds is 6. The molecule has 0 fully saturated rings. The monoisotopic (exact) mass is 223 g/mol. The second-order valence-corrected chi connectivity index (χ2v) is 3.82. The largest absolute Gasteiger partial charge is 0.383 e. The summed E-state index contributed by atoms with van der Waals surface area (Å²) >= 11 is 0. The molecule has 0 saturated heterocycles. The van der Waals surface area contributed by atoms with Crippen molar-refractivity contribution in [2.75, 3.05) is 25.2 Å². The average molecular weight is 223 g/mol. The molecule has 1 atom stereocenters. The van der Waals surface area contributed by atoms with Crippen molar-refractivity contribution in [3.05, 3.63) is 23.9 Å². The van der Waals surface area contributed by atoms with Crippen LogP contribution in [-0.2, 0) is 11.3 Å². The van der Waals surface area contributed by atoms with E-state index in [1.165, 1.54) is 0 Å². The van der Waals surface area contributed by atoms with Crippen LogP contribution in [0.15, 0.2) is 18.3 Å². The van der Waals surface area contributed by atoms with Gasteiger partial charge in [0, 0.05) is 26.4 Å². The number of pyridine rings is 1. The highest BCUT2D eigenvalue weighted by Crippen LogP contribution is 2.15. The van der Waals surface area contributed by atoms with Gasteiger partial charge in [0.05, 0.1) is 12.6 Å². The zero-order valence-corrected chi connectivity index (χ0v) is 10.3. The van der Waals surface area contributed by atoms with E-state index in [0.717, 1.165) is 17.9 Å². The molecular formula is C12H21N3O. The quantitative estimate of drug-likeness (QED) is 0.792. The van der Waals surface area contributed by atoms with E-state index in [1.807, 2.05) is 12.1 Å². The topological polar surface area (TPSA) is 51.4 Å². The minimum Gasteiger partial charge on any atom is -0.383 e. The maximum absolute atomic E-state index is 5.62. The summed E-state index contributed by atoms with van der Waals surface area (Å²) in [5.41, 5.74) is 6.73. The van der Waals surface area contributed by atoms with Crippen LogP contribution in [0.5, 0.6) is 0 Å². The highest BCUT2D eigenvalue weighted by molar-refractivity contribution is 5.41. The fourth-order valence-corrected chi connectivity index (χ4v) is 1.78. The number of aromatic nitrogens is 1. The van der Waals surface area contributed by atoms with E-state index in [0.29, 0.717) is 19.2 Å². The van der Waals surface area contributed by atoms with Gasteiger partial charge in [-0.15, -0.1) is 0 Å². The summed E-state index contributed by atoms with van der Waals surface area (Å²) in [7, 11) is 1.72. The van der Waals surface area contributed by atoms with Crippen LogP contribution in [0.3, 0.4) is 0 Å². The molecular weight excluding hydrogens is 202 g/mol. The second kappa shape index (κ2) is 6.45. The molecule has 1 heterocycles. The van der Waals surface area contributed by atoms with E-state index < -0.39 is 0 Å². The van der Waals surface area contributed by atoms with E-state index in [1.54, 1.807) is 13.3 Å². The molecule has 1 unspecified atom stereocenters. The summed E-state index contributed by atoms with van der Waals surface area (Å²) in [6, 6.07) is 4.30. The minimum absolute atomic E-state index is 0.315. The van der Waals surface area contributed by atoms with E-state index >= 15 is 0 Å². The maximum atomic E-state index is 5.62. The lowest BCUT2D eigenvalue weighted by molar-refractivity contribution is 0.181. The Morgan fingerprint density at radius 1 is 1.56 bits per heavy atom. The number of likely N-dealkylation sites (N-methyl/N-ethyl adjacent to an activating group) is 1. The highest BCUT2D eigenvalue weighted by atomic mass is 16.5. The maximum Gasteiger partial charge on any atom is 0.129 e. The first-order valence-electron chi connectivity index (χ1n) is 5.63. The van der Waals surface area contributed by atoms with Crippen LogP contribution in [0.4, 0.5) is 5.82 Å². The van der Waals surface area contributed by atoms with Crippen LogP contribution in [0.25, 0.3) is 0 Å². The van der Waals surface area contributed by atoms with Gasteiger partial charge in [-0.25, -0.2) is 4.98 Å². The molecule has 0 aliphatic heterocycles. The number of anilines is 1. The Balaban J connectivity index is 2.85. The van der Waals surface area contributed by atoms with Crippen molar-refractivity contribution >= 4 is 5.82 Å². The highest BCUT2D eigenvalue weighted by Gasteiger charge is 2.13. The molecule has 90 valence electrons. The average Bonchev–Trinajstić information content (AvgIpc) is 2.31. The summed E-state index contributed by atoms with van der Waals surface area (Å²) in [6.45, 7) is 6.40. The summed E-state index contributed by atoms with van der Waals surface area (Å²) in [5.74, 6) is 0.968. The Labute approximate surface area is 97.4 Å². The molecule has 0 amide bonds. The van der Waals surface area contributed by atoms with Crippen LogP contribution < -0.4 is 10.6 Å². The van der Waals surface area contributed by atoms with Crippen molar-refractivity contribution < 1.29 is 4.74 Å². The SMILES string of the molecule is CCN(c1cc(CN)ccn1)C(C)COC. The first kappa shape index (κ1) is 12.9. The summed E-state index contributed by atoms with van der Waals surface area (Å²) in [4.78, 5) is 6.59. The molecule has 16 heavy (non-hydrogen) atoms. The predicted molar refractivity (Wildman–Crippen MR) is 66.5 cm³/mol. The molecule has 1 aromatic rings. The minimum atomic E-state index is 0.315. The van der Waals surface area contributed by atoms with Gasteiger partial charge in [0.15, 0.2) is 0 Å². The lowest BCUT2D eigenvalue weighted by Crippen LogP contribution is -2.36. The van der Waals surface area contributed by atoms with Gasteiger partial charge < -0.3 is 15.4 Å². The van der Waals surface area contributed by atoms with Gasteiger partial charge in [-0.3, -0.25) is 0 Å². The van der Waals surface area contributed by atoms with Crippen LogP contribution in [0.2, 0.25) is 0 Å². The van der Waals surface area contributed by atoms with Gasteiger partial charge in [-0.05, 0) is 31.5 Å². The summed E-state index contributed by atoms with van der Waals surface area (Å²) in [6.07, 6.45) is 1.81. The van der Waals surface area contributed by atoms with Gasteiger partial charge in [-0.2, -0.15) is 0 Å². The lowest BCUT2D eigenvalue weighted by atomic mass is 10.2. The van der Waals surface area contributed by atoms with Crippen LogP contribution in [0.1, 0.15) is 19.4 Å². The zero-order valence-electron chi connectivity index (χ0n) is 10.3. The first-order valence-corrected chi connectivity index (χ1v) is 5.63. The molecule has 0 bridgehead atoms. The smallest absolute Gasteiger partial charge is 0.129 e. The number of hydrogen-bond acceptors (Lipinski definition) is 4. The van der Waals surface area contributed by atoms with E-state index in [4.69, 9.17) is 10.5 Å². The third kappa shape index (κ3) is 3.18. The van der Waals surface area contributed by atoms with Crippen LogP contribution in [-0.4, -0.2) is 31.3 Å². The summed E-state index contributed by atoms with van der Waals surface area (Å²) in [5, 5.41) is 0. The third-order valence-corrected chi connectivity index (χ3v) is 2.62. The number of methoxy groups -OCH3 is 1. The number of nitrogens with zero attached hydrogens (tertiary/aromatic N) is 2.